The zero-order chi connectivity index (χ0) is 16.1. The Hall–Kier alpha value is -2.21. The van der Waals surface area contributed by atoms with E-state index in [1.54, 1.807) is 24.3 Å². The first-order chi connectivity index (χ1) is 10.5. The van der Waals surface area contributed by atoms with Crippen molar-refractivity contribution >= 4 is 33.4 Å². The van der Waals surface area contributed by atoms with Gasteiger partial charge in [0.05, 0.1) is 5.56 Å². The van der Waals surface area contributed by atoms with Gasteiger partial charge in [0, 0.05) is 23.1 Å². The van der Waals surface area contributed by atoms with Crippen LogP contribution in [0.3, 0.4) is 0 Å². The second-order valence-electron chi connectivity index (χ2n) is 4.63. The van der Waals surface area contributed by atoms with Crippen molar-refractivity contribution in [3.8, 4) is 0 Å². The number of amides is 2. The van der Waals surface area contributed by atoms with E-state index in [0.717, 1.165) is 0 Å². The minimum atomic E-state index is -0.507. The van der Waals surface area contributed by atoms with Crippen LogP contribution in [0.25, 0.3) is 0 Å². The van der Waals surface area contributed by atoms with Crippen molar-refractivity contribution in [2.75, 3.05) is 11.4 Å². The van der Waals surface area contributed by atoms with Crippen LogP contribution < -0.4 is 10.6 Å². The van der Waals surface area contributed by atoms with Gasteiger partial charge in [-0.3, -0.25) is 9.59 Å². The highest BCUT2D eigenvalue weighted by Gasteiger charge is 2.20. The number of nitrogens with two attached hydrogens (primary N) is 1. The maximum absolute atomic E-state index is 13.1. The monoisotopic (exact) mass is 364 g/mol. The summed E-state index contributed by atoms with van der Waals surface area (Å²) in [6.45, 7) is 0.126. The van der Waals surface area contributed by atoms with Crippen LogP contribution in [0.4, 0.5) is 10.1 Å². The Morgan fingerprint density at radius 2 is 1.73 bits per heavy atom. The molecule has 0 fully saturated rings. The van der Waals surface area contributed by atoms with Crippen LogP contribution in [0.5, 0.6) is 0 Å². The molecule has 2 aromatic rings. The second kappa shape index (κ2) is 7.17. The predicted octanol–water partition coefficient (Wildman–Crippen LogP) is 3.11. The van der Waals surface area contributed by atoms with E-state index in [4.69, 9.17) is 5.73 Å². The van der Waals surface area contributed by atoms with Crippen molar-refractivity contribution in [3.63, 3.8) is 0 Å². The summed E-state index contributed by atoms with van der Waals surface area (Å²) in [5, 5.41) is 0. The molecule has 0 bridgehead atoms. The molecule has 114 valence electrons. The van der Waals surface area contributed by atoms with E-state index in [2.05, 4.69) is 15.9 Å². The maximum atomic E-state index is 13.1. The van der Waals surface area contributed by atoms with Crippen LogP contribution in [-0.2, 0) is 4.79 Å². The molecule has 2 aromatic carbocycles. The Morgan fingerprint density at radius 3 is 2.32 bits per heavy atom. The van der Waals surface area contributed by atoms with E-state index in [1.807, 2.05) is 0 Å². The first-order valence-electron chi connectivity index (χ1n) is 6.59. The fourth-order valence-corrected chi connectivity index (χ4v) is 2.43. The number of benzene rings is 2. The third-order valence-electron chi connectivity index (χ3n) is 3.07. The lowest BCUT2D eigenvalue weighted by Crippen LogP contribution is -2.34. The SMILES string of the molecule is NC(=O)CCN(C(=O)c1ccccc1Br)c1ccc(F)cc1. The summed E-state index contributed by atoms with van der Waals surface area (Å²) in [6, 6.07) is 12.5. The van der Waals surface area contributed by atoms with Crippen molar-refractivity contribution in [2.45, 2.75) is 6.42 Å². The van der Waals surface area contributed by atoms with Gasteiger partial charge in [-0.2, -0.15) is 0 Å². The summed E-state index contributed by atoms with van der Waals surface area (Å²) in [7, 11) is 0. The molecule has 0 unspecified atom stereocenters. The predicted molar refractivity (Wildman–Crippen MR) is 86.0 cm³/mol. The van der Waals surface area contributed by atoms with E-state index >= 15 is 0 Å². The van der Waals surface area contributed by atoms with Gasteiger partial charge in [0.1, 0.15) is 5.82 Å². The minimum absolute atomic E-state index is 0.0214. The molecular formula is C16H14BrFN2O2. The van der Waals surface area contributed by atoms with Crippen molar-refractivity contribution in [2.24, 2.45) is 5.73 Å². The number of rotatable bonds is 5. The molecular weight excluding hydrogens is 351 g/mol. The van der Waals surface area contributed by atoms with E-state index in [-0.39, 0.29) is 18.9 Å². The number of carbonyl (C=O) groups is 2. The van der Waals surface area contributed by atoms with Gasteiger partial charge in [0.2, 0.25) is 5.91 Å². The largest absolute Gasteiger partial charge is 0.370 e. The van der Waals surface area contributed by atoms with Crippen LogP contribution in [0.2, 0.25) is 0 Å². The fraction of sp³-hybridized carbons (Fsp3) is 0.125. The highest BCUT2D eigenvalue weighted by molar-refractivity contribution is 9.10. The fourth-order valence-electron chi connectivity index (χ4n) is 1.97. The Bertz CT molecular complexity index is 689. The van der Waals surface area contributed by atoms with Crippen molar-refractivity contribution in [1.82, 2.24) is 0 Å². The van der Waals surface area contributed by atoms with Crippen molar-refractivity contribution in [1.29, 1.82) is 0 Å². The quantitative estimate of drug-likeness (QED) is 0.885. The lowest BCUT2D eigenvalue weighted by Gasteiger charge is -2.23. The number of hydrogen-bond donors (Lipinski definition) is 1. The Morgan fingerprint density at radius 1 is 1.09 bits per heavy atom. The first kappa shape index (κ1) is 16.2. The lowest BCUT2D eigenvalue weighted by atomic mass is 10.1. The second-order valence-corrected chi connectivity index (χ2v) is 5.48. The third kappa shape index (κ3) is 3.92. The van der Waals surface area contributed by atoms with Crippen LogP contribution in [0, 0.1) is 5.82 Å². The summed E-state index contributed by atoms with van der Waals surface area (Å²) in [5.74, 6) is -1.20. The standard InChI is InChI=1S/C16H14BrFN2O2/c17-14-4-2-1-3-13(14)16(22)20(10-9-15(19)21)12-7-5-11(18)6-8-12/h1-8H,9-10H2,(H2,19,21). The smallest absolute Gasteiger partial charge is 0.259 e. The number of hydrogen-bond acceptors (Lipinski definition) is 2. The zero-order valence-corrected chi connectivity index (χ0v) is 13.2. The van der Waals surface area contributed by atoms with Crippen LogP contribution in [-0.4, -0.2) is 18.4 Å². The van der Waals surface area contributed by atoms with E-state index in [9.17, 15) is 14.0 Å². The molecule has 0 saturated carbocycles. The van der Waals surface area contributed by atoms with Gasteiger partial charge in [-0.1, -0.05) is 12.1 Å². The van der Waals surface area contributed by atoms with Crippen LogP contribution in [0.15, 0.2) is 53.0 Å². The number of primary amides is 1. The van der Waals surface area contributed by atoms with E-state index in [1.165, 1.54) is 29.2 Å². The van der Waals surface area contributed by atoms with Crippen LogP contribution in [0.1, 0.15) is 16.8 Å². The van der Waals surface area contributed by atoms with Gasteiger partial charge in [0.25, 0.3) is 5.91 Å². The van der Waals surface area contributed by atoms with Crippen LogP contribution >= 0.6 is 15.9 Å². The number of anilines is 1. The zero-order valence-electron chi connectivity index (χ0n) is 11.6. The normalized spacial score (nSPS) is 10.3. The van der Waals surface area contributed by atoms with Gasteiger partial charge in [0.15, 0.2) is 0 Å². The molecule has 0 spiro atoms. The summed E-state index contributed by atoms with van der Waals surface area (Å²) in [6.07, 6.45) is 0.0214. The number of halogens is 2. The van der Waals surface area contributed by atoms with E-state index < -0.39 is 11.7 Å². The van der Waals surface area contributed by atoms with Gasteiger partial charge in [-0.25, -0.2) is 4.39 Å². The highest BCUT2D eigenvalue weighted by atomic mass is 79.9. The third-order valence-corrected chi connectivity index (χ3v) is 3.76. The Kier molecular flexibility index (Phi) is 5.27. The average molecular weight is 365 g/mol. The van der Waals surface area contributed by atoms with Gasteiger partial charge in [-0.15, -0.1) is 0 Å². The number of carbonyl (C=O) groups excluding carboxylic acids is 2. The lowest BCUT2D eigenvalue weighted by molar-refractivity contribution is -0.117. The molecule has 22 heavy (non-hydrogen) atoms. The molecule has 2 rings (SSSR count). The molecule has 0 radical (unpaired) electrons. The molecule has 2 N–H and O–H groups in total. The molecule has 0 aromatic heterocycles. The first-order valence-corrected chi connectivity index (χ1v) is 7.38. The van der Waals surface area contributed by atoms with Crippen molar-refractivity contribution < 1.29 is 14.0 Å². The molecule has 0 aliphatic heterocycles. The highest BCUT2D eigenvalue weighted by Crippen LogP contribution is 2.22. The molecule has 0 atom stereocenters. The van der Waals surface area contributed by atoms with Gasteiger partial charge in [-0.05, 0) is 52.3 Å². The molecule has 4 nitrogen and oxygen atoms in total. The topological polar surface area (TPSA) is 63.4 Å². The van der Waals surface area contributed by atoms with E-state index in [0.29, 0.717) is 15.7 Å². The number of nitrogens with zero attached hydrogens (tertiary/aromatic N) is 1. The molecule has 0 saturated heterocycles. The summed E-state index contributed by atoms with van der Waals surface area (Å²) in [4.78, 5) is 25.2. The van der Waals surface area contributed by atoms with Gasteiger partial charge >= 0.3 is 0 Å². The molecule has 2 amide bonds. The molecule has 0 heterocycles. The summed E-state index contributed by atoms with van der Waals surface area (Å²) >= 11 is 3.33. The molecule has 0 aliphatic carbocycles. The maximum Gasteiger partial charge on any atom is 0.259 e. The molecule has 6 heteroatoms. The van der Waals surface area contributed by atoms with Gasteiger partial charge < -0.3 is 10.6 Å². The Labute approximate surface area is 135 Å². The minimum Gasteiger partial charge on any atom is -0.370 e. The Balaban J connectivity index is 2.35. The average Bonchev–Trinajstić information content (AvgIpc) is 2.49. The van der Waals surface area contributed by atoms with Crippen molar-refractivity contribution in [3.05, 3.63) is 64.4 Å². The summed E-state index contributed by atoms with van der Waals surface area (Å²) in [5.41, 5.74) is 6.12. The summed E-state index contributed by atoms with van der Waals surface area (Å²) < 4.78 is 13.7. The molecule has 0 aliphatic rings.